The molecule has 0 aliphatic carbocycles. The van der Waals surface area contributed by atoms with Gasteiger partial charge in [-0.3, -0.25) is 0 Å². The van der Waals surface area contributed by atoms with Crippen molar-refractivity contribution in [2.24, 2.45) is 0 Å². The van der Waals surface area contributed by atoms with Gasteiger partial charge in [0, 0.05) is 15.2 Å². The molecule has 0 bridgehead atoms. The van der Waals surface area contributed by atoms with Gasteiger partial charge in [0.2, 0.25) is 0 Å². The van der Waals surface area contributed by atoms with E-state index in [2.05, 4.69) is 9.97 Å². The normalized spacial score (nSPS) is 12.3. The van der Waals surface area contributed by atoms with Crippen molar-refractivity contribution in [3.8, 4) is 0 Å². The van der Waals surface area contributed by atoms with E-state index in [0.29, 0.717) is 5.39 Å². The van der Waals surface area contributed by atoms with E-state index in [1.807, 2.05) is 0 Å². The van der Waals surface area contributed by atoms with Crippen LogP contribution in [-0.4, -0.2) is 9.97 Å². The van der Waals surface area contributed by atoms with E-state index in [4.69, 9.17) is 0 Å². The minimum absolute atomic E-state index is 0.113. The van der Waals surface area contributed by atoms with Crippen molar-refractivity contribution < 1.29 is 13.2 Å². The molecule has 2 rings (SSSR count). The Balaban J connectivity index is 2.71. The van der Waals surface area contributed by atoms with E-state index in [9.17, 15) is 13.2 Å². The predicted octanol–water partition coefficient (Wildman–Crippen LogP) is 3.19. The van der Waals surface area contributed by atoms with Gasteiger partial charge in [-0.05, 0) is 34.7 Å². The van der Waals surface area contributed by atoms with Crippen LogP contribution in [0.1, 0.15) is 5.69 Å². The summed E-state index contributed by atoms with van der Waals surface area (Å²) in [4.78, 5) is 6.16. The molecule has 74 valence electrons. The van der Waals surface area contributed by atoms with Crippen molar-refractivity contribution in [1.29, 1.82) is 0 Å². The van der Waals surface area contributed by atoms with Crippen LogP contribution in [0.25, 0.3) is 11.0 Å². The number of pyridine rings is 1. The molecule has 0 aromatic carbocycles. The van der Waals surface area contributed by atoms with Gasteiger partial charge in [-0.25, -0.2) is 4.98 Å². The Morgan fingerprint density at radius 3 is 2.71 bits per heavy atom. The summed E-state index contributed by atoms with van der Waals surface area (Å²) < 4.78 is 37.3. The van der Waals surface area contributed by atoms with Crippen molar-refractivity contribution in [1.82, 2.24) is 9.97 Å². The number of aromatic amines is 1. The Bertz CT molecular complexity index is 475. The molecule has 2 nitrogen and oxygen atoms in total. The fourth-order valence-electron chi connectivity index (χ4n) is 1.15. The molecule has 0 amide bonds. The van der Waals surface area contributed by atoms with Gasteiger partial charge < -0.3 is 4.98 Å². The lowest BCUT2D eigenvalue weighted by atomic mass is 10.3. The van der Waals surface area contributed by atoms with E-state index in [1.54, 1.807) is 34.9 Å². The van der Waals surface area contributed by atoms with Crippen molar-refractivity contribution in [2.75, 3.05) is 0 Å². The number of hydrogen-bond acceptors (Lipinski definition) is 1. The number of hydrogen-bond donors (Lipinski definition) is 1. The van der Waals surface area contributed by atoms with Crippen molar-refractivity contribution >= 4 is 33.6 Å². The van der Waals surface area contributed by atoms with Gasteiger partial charge in [0.15, 0.2) is 5.69 Å². The van der Waals surface area contributed by atoms with E-state index in [0.717, 1.165) is 0 Å². The highest BCUT2D eigenvalue weighted by Crippen LogP contribution is 2.32. The first-order chi connectivity index (χ1) is 6.48. The SMILES string of the molecule is FC(F)(F)c1nc2[nH]ccc2cc1I. The molecule has 14 heavy (non-hydrogen) atoms. The molecule has 2 aromatic rings. The Hall–Kier alpha value is -0.790. The second-order valence-electron chi connectivity index (χ2n) is 2.73. The summed E-state index contributed by atoms with van der Waals surface area (Å²) in [5.41, 5.74) is -0.578. The summed E-state index contributed by atoms with van der Waals surface area (Å²) in [5.74, 6) is 0. The predicted molar refractivity (Wildman–Crippen MR) is 53.8 cm³/mol. The van der Waals surface area contributed by atoms with Crippen LogP contribution in [0.4, 0.5) is 13.2 Å². The quantitative estimate of drug-likeness (QED) is 0.744. The average Bonchev–Trinajstić information content (AvgIpc) is 2.47. The summed E-state index contributed by atoms with van der Waals surface area (Å²) in [6.07, 6.45) is -2.83. The number of fused-ring (bicyclic) bond motifs is 1. The molecule has 6 heteroatoms. The number of rotatable bonds is 0. The first kappa shape index (κ1) is 9.75. The summed E-state index contributed by atoms with van der Waals surface area (Å²) in [5, 5.41) is 0.683. The molecular formula is C8H4F3IN2. The van der Waals surface area contributed by atoms with Crippen LogP contribution in [0.2, 0.25) is 0 Å². The van der Waals surface area contributed by atoms with Crippen LogP contribution in [0.3, 0.4) is 0 Å². The average molecular weight is 312 g/mol. The van der Waals surface area contributed by atoms with Gasteiger partial charge in [-0.2, -0.15) is 13.2 Å². The Morgan fingerprint density at radius 1 is 1.36 bits per heavy atom. The third kappa shape index (κ3) is 1.58. The third-order valence-corrected chi connectivity index (χ3v) is 2.58. The van der Waals surface area contributed by atoms with Gasteiger partial charge in [0.1, 0.15) is 5.65 Å². The van der Waals surface area contributed by atoms with Crippen molar-refractivity contribution in [3.63, 3.8) is 0 Å². The Labute approximate surface area is 90.7 Å². The van der Waals surface area contributed by atoms with Gasteiger partial charge in [0.05, 0.1) is 0 Å². The number of nitrogens with one attached hydrogen (secondary N) is 1. The summed E-state index contributed by atoms with van der Waals surface area (Å²) in [7, 11) is 0. The largest absolute Gasteiger partial charge is 0.434 e. The summed E-state index contributed by atoms with van der Waals surface area (Å²) in [6.45, 7) is 0. The number of H-pyrrole nitrogens is 1. The first-order valence-electron chi connectivity index (χ1n) is 3.69. The number of nitrogens with zero attached hydrogens (tertiary/aromatic N) is 1. The lowest BCUT2D eigenvalue weighted by Gasteiger charge is -2.07. The maximum atomic E-state index is 12.4. The third-order valence-electron chi connectivity index (χ3n) is 1.76. The van der Waals surface area contributed by atoms with Crippen molar-refractivity contribution in [2.45, 2.75) is 6.18 Å². The van der Waals surface area contributed by atoms with E-state index < -0.39 is 11.9 Å². The number of alkyl halides is 3. The van der Waals surface area contributed by atoms with Gasteiger partial charge >= 0.3 is 6.18 Å². The van der Waals surface area contributed by atoms with Gasteiger partial charge in [-0.1, -0.05) is 0 Å². The zero-order valence-corrected chi connectivity index (χ0v) is 8.85. The molecule has 0 unspecified atom stereocenters. The second kappa shape index (κ2) is 3.11. The van der Waals surface area contributed by atoms with Crippen molar-refractivity contribution in [3.05, 3.63) is 27.6 Å². The highest BCUT2D eigenvalue weighted by molar-refractivity contribution is 14.1. The second-order valence-corrected chi connectivity index (χ2v) is 3.89. The van der Waals surface area contributed by atoms with Crippen LogP contribution < -0.4 is 0 Å². The summed E-state index contributed by atoms with van der Waals surface area (Å²) >= 11 is 1.63. The van der Waals surface area contributed by atoms with Gasteiger partial charge in [0.25, 0.3) is 0 Å². The molecule has 0 saturated carbocycles. The summed E-state index contributed by atoms with van der Waals surface area (Å²) in [6, 6.07) is 3.15. The highest BCUT2D eigenvalue weighted by Gasteiger charge is 2.35. The van der Waals surface area contributed by atoms with E-state index >= 15 is 0 Å². The molecule has 2 heterocycles. The lowest BCUT2D eigenvalue weighted by molar-refractivity contribution is -0.141. The number of halogens is 4. The molecule has 0 atom stereocenters. The minimum atomic E-state index is -4.39. The molecular weight excluding hydrogens is 308 g/mol. The molecule has 0 saturated heterocycles. The van der Waals surface area contributed by atoms with Crippen LogP contribution in [0.5, 0.6) is 0 Å². The Morgan fingerprint density at radius 2 is 2.07 bits per heavy atom. The smallest absolute Gasteiger partial charge is 0.346 e. The monoisotopic (exact) mass is 312 g/mol. The maximum absolute atomic E-state index is 12.4. The minimum Gasteiger partial charge on any atom is -0.346 e. The van der Waals surface area contributed by atoms with E-state index in [1.165, 1.54) is 6.07 Å². The molecule has 0 fully saturated rings. The zero-order valence-electron chi connectivity index (χ0n) is 6.69. The molecule has 0 spiro atoms. The topological polar surface area (TPSA) is 28.7 Å². The molecule has 2 aromatic heterocycles. The van der Waals surface area contributed by atoms with E-state index in [-0.39, 0.29) is 9.22 Å². The Kier molecular flexibility index (Phi) is 2.17. The fourth-order valence-corrected chi connectivity index (χ4v) is 1.92. The molecule has 0 aliphatic rings. The fraction of sp³-hybridized carbons (Fsp3) is 0.125. The maximum Gasteiger partial charge on any atom is 0.434 e. The number of aromatic nitrogens is 2. The standard InChI is InChI=1S/C8H4F3IN2/c9-8(10,11)6-5(12)3-4-1-2-13-7(4)14-6/h1-3H,(H,13,14). The van der Waals surface area contributed by atoms with Crippen LogP contribution in [0, 0.1) is 3.57 Å². The van der Waals surface area contributed by atoms with Crippen LogP contribution in [-0.2, 0) is 6.18 Å². The van der Waals surface area contributed by atoms with Crippen LogP contribution >= 0.6 is 22.6 Å². The highest BCUT2D eigenvalue weighted by atomic mass is 127. The zero-order chi connectivity index (χ0) is 10.3. The lowest BCUT2D eigenvalue weighted by Crippen LogP contribution is -2.10. The van der Waals surface area contributed by atoms with Crippen LogP contribution in [0.15, 0.2) is 18.3 Å². The molecule has 0 aliphatic heterocycles. The van der Waals surface area contributed by atoms with Gasteiger partial charge in [-0.15, -0.1) is 0 Å². The first-order valence-corrected chi connectivity index (χ1v) is 4.77. The molecule has 0 radical (unpaired) electrons. The molecule has 1 N–H and O–H groups in total.